The van der Waals surface area contributed by atoms with Gasteiger partial charge in [-0.1, -0.05) is 44.2 Å². The number of aromatic nitrogens is 2. The number of hydrogen-bond donors (Lipinski definition) is 1. The summed E-state index contributed by atoms with van der Waals surface area (Å²) < 4.78 is 0. The van der Waals surface area contributed by atoms with E-state index in [1.54, 1.807) is 17.5 Å². The van der Waals surface area contributed by atoms with Gasteiger partial charge in [0.15, 0.2) is 0 Å². The maximum atomic E-state index is 12.5. The normalized spacial score (nSPS) is 13.2. The average Bonchev–Trinajstić information content (AvgIpc) is 3.20. The van der Waals surface area contributed by atoms with Crippen molar-refractivity contribution in [2.45, 2.75) is 32.2 Å². The molecule has 0 saturated carbocycles. The molecule has 0 fully saturated rings. The Labute approximate surface area is 152 Å². The van der Waals surface area contributed by atoms with Crippen molar-refractivity contribution in [3.63, 3.8) is 0 Å². The zero-order valence-electron chi connectivity index (χ0n) is 14.3. The lowest BCUT2D eigenvalue weighted by molar-refractivity contribution is 0.0938. The van der Waals surface area contributed by atoms with Crippen LogP contribution in [-0.4, -0.2) is 15.9 Å². The van der Waals surface area contributed by atoms with Gasteiger partial charge < -0.3 is 5.32 Å². The summed E-state index contributed by atoms with van der Waals surface area (Å²) >= 11 is 1.63. The summed E-state index contributed by atoms with van der Waals surface area (Å²) in [6.45, 7) is 4.41. The molecule has 128 valence electrons. The van der Waals surface area contributed by atoms with E-state index in [4.69, 9.17) is 0 Å². The Morgan fingerprint density at radius 2 is 1.92 bits per heavy atom. The number of nitrogens with one attached hydrogen (secondary N) is 1. The maximum Gasteiger partial charge on any atom is 0.272 e. The molecule has 0 radical (unpaired) electrons. The highest BCUT2D eigenvalue weighted by Crippen LogP contribution is 2.28. The summed E-state index contributed by atoms with van der Waals surface area (Å²) in [6.07, 6.45) is 5.67. The van der Waals surface area contributed by atoms with Crippen LogP contribution < -0.4 is 5.32 Å². The lowest BCUT2D eigenvalue weighted by atomic mass is 9.95. The maximum absolute atomic E-state index is 12.5. The molecule has 2 atom stereocenters. The van der Waals surface area contributed by atoms with Gasteiger partial charge in [0.05, 0.1) is 12.2 Å². The minimum Gasteiger partial charge on any atom is -0.339 e. The van der Waals surface area contributed by atoms with E-state index >= 15 is 0 Å². The van der Waals surface area contributed by atoms with Crippen LogP contribution in [0.4, 0.5) is 0 Å². The number of benzene rings is 1. The third kappa shape index (κ3) is 4.12. The van der Waals surface area contributed by atoms with Gasteiger partial charge in [0.1, 0.15) is 5.69 Å². The SMILES string of the molecule is CCC(C)c1ccc(C(NC(=O)c2cnccn2)c2cccs2)cc1. The molecule has 0 aliphatic carbocycles. The second-order valence-corrected chi connectivity index (χ2v) is 6.97. The van der Waals surface area contributed by atoms with Gasteiger partial charge in [0, 0.05) is 17.3 Å². The third-order valence-electron chi connectivity index (χ3n) is 4.35. The van der Waals surface area contributed by atoms with E-state index in [2.05, 4.69) is 53.4 Å². The van der Waals surface area contributed by atoms with E-state index in [0.29, 0.717) is 11.6 Å². The van der Waals surface area contributed by atoms with Crippen molar-refractivity contribution < 1.29 is 4.79 Å². The standard InChI is InChI=1S/C20H21N3OS/c1-3-14(2)15-6-8-16(9-7-15)19(18-5-4-12-25-18)23-20(24)17-13-21-10-11-22-17/h4-14,19H,3H2,1-2H3,(H,23,24). The zero-order valence-corrected chi connectivity index (χ0v) is 15.2. The summed E-state index contributed by atoms with van der Waals surface area (Å²) in [5, 5.41) is 5.10. The molecule has 0 saturated heterocycles. The van der Waals surface area contributed by atoms with Gasteiger partial charge in [-0.25, -0.2) is 4.98 Å². The molecule has 1 amide bonds. The van der Waals surface area contributed by atoms with Crippen LogP contribution in [0.15, 0.2) is 60.4 Å². The van der Waals surface area contributed by atoms with Crippen molar-refractivity contribution in [3.8, 4) is 0 Å². The second kappa shape index (κ2) is 8.03. The van der Waals surface area contributed by atoms with Crippen LogP contribution in [-0.2, 0) is 0 Å². The van der Waals surface area contributed by atoms with Crippen LogP contribution in [0.5, 0.6) is 0 Å². The molecule has 5 heteroatoms. The van der Waals surface area contributed by atoms with Crippen molar-refractivity contribution >= 4 is 17.2 Å². The summed E-state index contributed by atoms with van der Waals surface area (Å²) in [5.74, 6) is 0.306. The Morgan fingerprint density at radius 1 is 1.16 bits per heavy atom. The van der Waals surface area contributed by atoms with Crippen LogP contribution in [0.25, 0.3) is 0 Å². The number of carbonyl (C=O) groups excluding carboxylic acids is 1. The second-order valence-electron chi connectivity index (χ2n) is 5.99. The van der Waals surface area contributed by atoms with Gasteiger partial charge in [-0.3, -0.25) is 9.78 Å². The molecular weight excluding hydrogens is 330 g/mol. The topological polar surface area (TPSA) is 54.9 Å². The van der Waals surface area contributed by atoms with Gasteiger partial charge in [0.25, 0.3) is 5.91 Å². The lowest BCUT2D eigenvalue weighted by Gasteiger charge is -2.19. The van der Waals surface area contributed by atoms with Crippen molar-refractivity contribution in [2.24, 2.45) is 0 Å². The Morgan fingerprint density at radius 3 is 2.52 bits per heavy atom. The Balaban J connectivity index is 1.87. The van der Waals surface area contributed by atoms with Crippen molar-refractivity contribution in [1.82, 2.24) is 15.3 Å². The highest BCUT2D eigenvalue weighted by molar-refractivity contribution is 7.10. The largest absolute Gasteiger partial charge is 0.339 e. The summed E-state index contributed by atoms with van der Waals surface area (Å²) in [7, 11) is 0. The van der Waals surface area contributed by atoms with Crippen molar-refractivity contribution in [1.29, 1.82) is 0 Å². The van der Waals surface area contributed by atoms with Crippen LogP contribution in [0.3, 0.4) is 0 Å². The van der Waals surface area contributed by atoms with Gasteiger partial charge in [0.2, 0.25) is 0 Å². The molecule has 2 heterocycles. The molecule has 0 aliphatic heterocycles. The van der Waals surface area contributed by atoms with Gasteiger partial charge >= 0.3 is 0 Å². The highest BCUT2D eigenvalue weighted by atomic mass is 32.1. The van der Waals surface area contributed by atoms with Gasteiger partial charge in [-0.2, -0.15) is 0 Å². The number of nitrogens with zero attached hydrogens (tertiary/aromatic N) is 2. The van der Waals surface area contributed by atoms with Gasteiger partial charge in [-0.05, 0) is 34.9 Å². The number of amides is 1. The predicted molar refractivity (Wildman–Crippen MR) is 101 cm³/mol. The minimum atomic E-state index is -0.225. The van der Waals surface area contributed by atoms with Crippen LogP contribution in [0, 0.1) is 0 Å². The quantitative estimate of drug-likeness (QED) is 0.708. The van der Waals surface area contributed by atoms with Crippen LogP contribution in [0.1, 0.15) is 58.7 Å². The molecule has 0 spiro atoms. The van der Waals surface area contributed by atoms with E-state index in [1.165, 1.54) is 18.0 Å². The average molecular weight is 351 g/mol. The fourth-order valence-electron chi connectivity index (χ4n) is 2.65. The molecule has 2 aromatic heterocycles. The van der Waals surface area contributed by atoms with E-state index in [1.807, 2.05) is 17.5 Å². The van der Waals surface area contributed by atoms with E-state index < -0.39 is 0 Å². The van der Waals surface area contributed by atoms with Gasteiger partial charge in [-0.15, -0.1) is 11.3 Å². The van der Waals surface area contributed by atoms with Crippen molar-refractivity contribution in [3.05, 3.63) is 82.1 Å². The zero-order chi connectivity index (χ0) is 17.6. The van der Waals surface area contributed by atoms with Crippen LogP contribution in [0.2, 0.25) is 0 Å². The summed E-state index contributed by atoms with van der Waals surface area (Å²) in [5.41, 5.74) is 2.70. The first-order chi connectivity index (χ1) is 12.2. The molecule has 1 aromatic carbocycles. The predicted octanol–water partition coefficient (Wildman–Crippen LogP) is 4.57. The van der Waals surface area contributed by atoms with E-state index in [0.717, 1.165) is 16.9 Å². The van der Waals surface area contributed by atoms with Crippen LogP contribution >= 0.6 is 11.3 Å². The summed E-state index contributed by atoms with van der Waals surface area (Å²) in [6, 6.07) is 12.3. The fourth-order valence-corrected chi connectivity index (χ4v) is 3.45. The van der Waals surface area contributed by atoms with E-state index in [9.17, 15) is 4.79 Å². The number of hydrogen-bond acceptors (Lipinski definition) is 4. The molecule has 3 rings (SSSR count). The molecule has 4 nitrogen and oxygen atoms in total. The minimum absolute atomic E-state index is 0.194. The number of rotatable bonds is 6. The Kier molecular flexibility index (Phi) is 5.56. The van der Waals surface area contributed by atoms with Crippen molar-refractivity contribution in [2.75, 3.05) is 0 Å². The summed E-state index contributed by atoms with van der Waals surface area (Å²) in [4.78, 5) is 21.7. The molecule has 1 N–H and O–H groups in total. The first-order valence-corrected chi connectivity index (χ1v) is 9.27. The highest BCUT2D eigenvalue weighted by Gasteiger charge is 2.19. The monoisotopic (exact) mass is 351 g/mol. The first-order valence-electron chi connectivity index (χ1n) is 8.39. The fraction of sp³-hybridized carbons (Fsp3) is 0.250. The first kappa shape index (κ1) is 17.3. The third-order valence-corrected chi connectivity index (χ3v) is 5.29. The molecular formula is C20H21N3OS. The molecule has 3 aromatic rings. The van der Waals surface area contributed by atoms with E-state index in [-0.39, 0.29) is 11.9 Å². The lowest BCUT2D eigenvalue weighted by Crippen LogP contribution is -2.29. The Bertz CT molecular complexity index is 801. The molecule has 0 aliphatic rings. The smallest absolute Gasteiger partial charge is 0.272 e. The Hall–Kier alpha value is -2.53. The molecule has 2 unspecified atom stereocenters. The molecule has 0 bridgehead atoms. The number of thiophene rings is 1. The number of carbonyl (C=O) groups is 1. The molecule has 25 heavy (non-hydrogen) atoms.